The predicted molar refractivity (Wildman–Crippen MR) is 233 cm³/mol. The van der Waals surface area contributed by atoms with Crippen molar-refractivity contribution < 1.29 is 0 Å². The molecular formula is C54H36. The van der Waals surface area contributed by atoms with Crippen LogP contribution in [-0.2, 0) is 0 Å². The first-order valence-electron chi connectivity index (χ1n) is 19.1. The smallest absolute Gasteiger partial charge is 0.00259 e. The molecule has 0 unspecified atom stereocenters. The van der Waals surface area contributed by atoms with Crippen LogP contribution in [0.2, 0.25) is 0 Å². The van der Waals surface area contributed by atoms with Gasteiger partial charge in [-0.3, -0.25) is 0 Å². The van der Waals surface area contributed by atoms with E-state index in [-0.39, 0.29) is 0 Å². The first-order valence-corrected chi connectivity index (χ1v) is 19.1. The van der Waals surface area contributed by atoms with Crippen molar-refractivity contribution >= 4 is 66.0 Å². The highest BCUT2D eigenvalue weighted by atomic mass is 14.2. The van der Waals surface area contributed by atoms with Gasteiger partial charge in [0.15, 0.2) is 0 Å². The Kier molecular flexibility index (Phi) is 7.10. The molecule has 10 aromatic carbocycles. The van der Waals surface area contributed by atoms with E-state index in [2.05, 4.69) is 194 Å². The van der Waals surface area contributed by atoms with Crippen molar-refractivity contribution in [3.05, 3.63) is 192 Å². The summed E-state index contributed by atoms with van der Waals surface area (Å²) >= 11 is 0. The molecule has 0 amide bonds. The van der Waals surface area contributed by atoms with Gasteiger partial charge in [-0.1, -0.05) is 170 Å². The average Bonchev–Trinajstić information content (AvgIpc) is 3.24. The summed E-state index contributed by atoms with van der Waals surface area (Å²) < 4.78 is 0. The molecule has 252 valence electrons. The zero-order valence-corrected chi connectivity index (χ0v) is 29.9. The van der Waals surface area contributed by atoms with Crippen LogP contribution >= 0.6 is 0 Å². The van der Waals surface area contributed by atoms with E-state index in [1.165, 1.54) is 109 Å². The molecule has 54 heavy (non-hydrogen) atoms. The van der Waals surface area contributed by atoms with E-state index in [0.717, 1.165) is 12.8 Å². The highest BCUT2D eigenvalue weighted by Crippen LogP contribution is 2.46. The first-order chi connectivity index (χ1) is 26.8. The lowest BCUT2D eigenvalue weighted by Gasteiger charge is -2.20. The average molecular weight is 685 g/mol. The summed E-state index contributed by atoms with van der Waals surface area (Å²) in [5.41, 5.74) is 10.1. The molecule has 0 heteroatoms. The monoisotopic (exact) mass is 684 g/mol. The van der Waals surface area contributed by atoms with Crippen LogP contribution in [0.5, 0.6) is 0 Å². The summed E-state index contributed by atoms with van der Waals surface area (Å²) in [5, 5.41) is 15.3. The Morgan fingerprint density at radius 3 is 1.35 bits per heavy atom. The first kappa shape index (κ1) is 30.8. The van der Waals surface area contributed by atoms with E-state index in [1.54, 1.807) is 0 Å². The molecule has 0 heterocycles. The Morgan fingerprint density at radius 1 is 0.259 bits per heavy atom. The third-order valence-electron chi connectivity index (χ3n) is 11.6. The van der Waals surface area contributed by atoms with E-state index in [9.17, 15) is 0 Å². The van der Waals surface area contributed by atoms with Gasteiger partial charge in [0.1, 0.15) is 0 Å². The maximum atomic E-state index is 2.46. The number of fused-ring (bicyclic) bond motifs is 6. The Hall–Kier alpha value is -6.76. The number of rotatable bonds is 4. The second-order valence-corrected chi connectivity index (χ2v) is 14.7. The van der Waals surface area contributed by atoms with Gasteiger partial charge in [0.2, 0.25) is 0 Å². The second-order valence-electron chi connectivity index (χ2n) is 14.7. The Bertz CT molecular complexity index is 3270. The highest BCUT2D eigenvalue weighted by Gasteiger charge is 2.19. The van der Waals surface area contributed by atoms with Gasteiger partial charge in [0, 0.05) is 0 Å². The quantitative estimate of drug-likeness (QED) is 0.162. The van der Waals surface area contributed by atoms with Gasteiger partial charge >= 0.3 is 0 Å². The molecule has 0 aromatic heterocycles. The molecule has 0 radical (unpaired) electrons. The molecule has 1 aliphatic carbocycles. The number of hydrogen-bond donors (Lipinski definition) is 0. The minimum absolute atomic E-state index is 1.11. The molecule has 0 atom stereocenters. The van der Waals surface area contributed by atoms with Crippen LogP contribution in [0.1, 0.15) is 12.8 Å². The van der Waals surface area contributed by atoms with Gasteiger partial charge in [0.25, 0.3) is 0 Å². The summed E-state index contributed by atoms with van der Waals surface area (Å²) in [6.45, 7) is 0. The zero-order valence-electron chi connectivity index (χ0n) is 29.9. The summed E-state index contributed by atoms with van der Waals surface area (Å²) in [7, 11) is 0. The lowest BCUT2D eigenvalue weighted by molar-refractivity contribution is 1.12. The van der Waals surface area contributed by atoms with Crippen molar-refractivity contribution in [2.45, 2.75) is 12.8 Å². The van der Waals surface area contributed by atoms with Crippen molar-refractivity contribution in [3.8, 4) is 44.5 Å². The fraction of sp³-hybridized carbons (Fsp3) is 0.0370. The fourth-order valence-electron chi connectivity index (χ4n) is 9.05. The molecule has 0 nitrogen and oxygen atoms in total. The molecule has 0 fully saturated rings. The lowest BCUT2D eigenvalue weighted by atomic mass is 9.83. The molecular weight excluding hydrogens is 649 g/mol. The van der Waals surface area contributed by atoms with Gasteiger partial charge in [-0.25, -0.2) is 0 Å². The molecule has 0 N–H and O–H groups in total. The van der Waals surface area contributed by atoms with Crippen molar-refractivity contribution in [1.82, 2.24) is 0 Å². The van der Waals surface area contributed by atoms with Crippen LogP contribution in [0, 0.1) is 0 Å². The maximum absolute atomic E-state index is 2.46. The standard InChI is InChI=1S/C54H36/c1-4-14-38-31-41(26-23-35(38)11-1)45-19-9-22-48-46(20-10-21-47(45)48)42-29-30-51-52(34-42)54(44-28-25-37-13-3-6-16-40(37)33-44)50-18-8-7-17-49(50)53(51)43-27-24-36-12-2-5-15-39(36)32-43/h2-3,5-34H,1,4H2. The Morgan fingerprint density at radius 2 is 0.722 bits per heavy atom. The maximum Gasteiger partial charge on any atom is -0.00259 e. The van der Waals surface area contributed by atoms with E-state index < -0.39 is 0 Å². The van der Waals surface area contributed by atoms with E-state index in [4.69, 9.17) is 0 Å². The van der Waals surface area contributed by atoms with Gasteiger partial charge in [0.05, 0.1) is 0 Å². The van der Waals surface area contributed by atoms with Crippen molar-refractivity contribution in [1.29, 1.82) is 0 Å². The van der Waals surface area contributed by atoms with Crippen molar-refractivity contribution in [2.75, 3.05) is 0 Å². The number of hydrogen-bond acceptors (Lipinski definition) is 0. The van der Waals surface area contributed by atoms with E-state index in [0.29, 0.717) is 0 Å². The van der Waals surface area contributed by atoms with Crippen LogP contribution in [0.3, 0.4) is 0 Å². The minimum atomic E-state index is 1.11. The number of benzene rings is 10. The summed E-state index contributed by atoms with van der Waals surface area (Å²) in [6.07, 6.45) is 6.98. The topological polar surface area (TPSA) is 0 Å². The largest absolute Gasteiger partial charge is 0.0764 e. The molecule has 0 bridgehead atoms. The lowest BCUT2D eigenvalue weighted by Crippen LogP contribution is -2.26. The Labute approximate surface area is 314 Å². The van der Waals surface area contributed by atoms with Gasteiger partial charge in [-0.15, -0.1) is 0 Å². The minimum Gasteiger partial charge on any atom is -0.0764 e. The van der Waals surface area contributed by atoms with Crippen molar-refractivity contribution in [2.24, 2.45) is 0 Å². The van der Waals surface area contributed by atoms with Crippen LogP contribution in [0.25, 0.3) is 111 Å². The van der Waals surface area contributed by atoms with Crippen LogP contribution < -0.4 is 10.4 Å². The van der Waals surface area contributed by atoms with Gasteiger partial charge in [-0.05, 0) is 146 Å². The second kappa shape index (κ2) is 12.4. The molecule has 0 aliphatic heterocycles. The zero-order chi connectivity index (χ0) is 35.6. The fourth-order valence-corrected chi connectivity index (χ4v) is 9.05. The Balaban J connectivity index is 1.19. The third kappa shape index (κ3) is 4.99. The normalized spacial score (nSPS) is 12.6. The molecule has 10 aromatic rings. The molecule has 0 saturated carbocycles. The SMILES string of the molecule is C1=c2ccc(-c3cccc4c(-c5ccc6c(-c7ccc8ccccc8c7)c7ccccc7c(-c7ccc8ccccc8c7)c6c5)cccc34)cc2=CCC1. The van der Waals surface area contributed by atoms with Gasteiger partial charge in [-0.2, -0.15) is 0 Å². The molecule has 0 saturated heterocycles. The van der Waals surface area contributed by atoms with Crippen molar-refractivity contribution in [3.63, 3.8) is 0 Å². The van der Waals surface area contributed by atoms with E-state index in [1.807, 2.05) is 0 Å². The van der Waals surface area contributed by atoms with Crippen LogP contribution in [0.15, 0.2) is 182 Å². The summed E-state index contributed by atoms with van der Waals surface area (Å²) in [5.74, 6) is 0. The third-order valence-corrected chi connectivity index (χ3v) is 11.6. The molecule has 0 spiro atoms. The van der Waals surface area contributed by atoms with Crippen LogP contribution in [-0.4, -0.2) is 0 Å². The highest BCUT2D eigenvalue weighted by molar-refractivity contribution is 6.23. The molecule has 11 rings (SSSR count). The predicted octanol–water partition coefficient (Wildman–Crippen LogP) is 13.5. The summed E-state index contributed by atoms with van der Waals surface area (Å²) in [4.78, 5) is 0. The molecule has 1 aliphatic rings. The van der Waals surface area contributed by atoms with Crippen LogP contribution in [0.4, 0.5) is 0 Å². The summed E-state index contributed by atoms with van der Waals surface area (Å²) in [6, 6.07) is 68.0. The van der Waals surface area contributed by atoms with E-state index >= 15 is 0 Å². The van der Waals surface area contributed by atoms with Gasteiger partial charge < -0.3 is 0 Å².